The molecule has 4 heterocycles. The van der Waals surface area contributed by atoms with Crippen LogP contribution in [-0.4, -0.2) is 45.9 Å². The predicted octanol–water partition coefficient (Wildman–Crippen LogP) is 4.78. The van der Waals surface area contributed by atoms with Crippen molar-refractivity contribution in [2.75, 3.05) is 20.2 Å². The zero-order valence-corrected chi connectivity index (χ0v) is 20.5. The number of rotatable bonds is 3. The van der Waals surface area contributed by atoms with Gasteiger partial charge in [0.1, 0.15) is 11.3 Å². The third kappa shape index (κ3) is 3.96. The normalized spacial score (nSPS) is 18.7. The van der Waals surface area contributed by atoms with E-state index in [9.17, 15) is 4.79 Å². The number of likely N-dealkylation sites (tertiary alicyclic amines) is 1. The van der Waals surface area contributed by atoms with Gasteiger partial charge in [0.15, 0.2) is 0 Å². The second kappa shape index (κ2) is 8.45. The summed E-state index contributed by atoms with van der Waals surface area (Å²) < 4.78 is 8.32. The van der Waals surface area contributed by atoms with Crippen LogP contribution in [0.5, 0.6) is 0 Å². The predicted molar refractivity (Wildman–Crippen MR) is 128 cm³/mol. The van der Waals surface area contributed by atoms with Crippen LogP contribution in [0.15, 0.2) is 41.1 Å². The molecule has 8 heteroatoms. The zero-order valence-electron chi connectivity index (χ0n) is 18.2. The van der Waals surface area contributed by atoms with Crippen molar-refractivity contribution in [3.05, 3.63) is 68.5 Å². The number of piperidine rings is 1. The lowest BCUT2D eigenvalue weighted by molar-refractivity contribution is 0.0626. The fourth-order valence-electron chi connectivity index (χ4n) is 4.91. The molecule has 1 atom stereocenters. The maximum absolute atomic E-state index is 13.3. The summed E-state index contributed by atoms with van der Waals surface area (Å²) >= 11 is 9.77. The molecule has 32 heavy (non-hydrogen) atoms. The van der Waals surface area contributed by atoms with Crippen molar-refractivity contribution >= 4 is 39.1 Å². The van der Waals surface area contributed by atoms with Crippen LogP contribution in [-0.2, 0) is 17.7 Å². The van der Waals surface area contributed by atoms with E-state index < -0.39 is 0 Å². The minimum absolute atomic E-state index is 0.0186. The van der Waals surface area contributed by atoms with E-state index in [1.165, 1.54) is 11.1 Å². The molecule has 2 aliphatic heterocycles. The van der Waals surface area contributed by atoms with E-state index in [-0.39, 0.29) is 17.6 Å². The number of hydrogen-bond donors (Lipinski definition) is 1. The van der Waals surface area contributed by atoms with Gasteiger partial charge in [-0.25, -0.2) is 4.98 Å². The Balaban J connectivity index is 1.33. The van der Waals surface area contributed by atoms with E-state index in [0.29, 0.717) is 18.8 Å². The number of aromatic nitrogens is 2. The fraction of sp³-hybridized carbons (Fsp3) is 0.417. The van der Waals surface area contributed by atoms with Gasteiger partial charge in [-0.2, -0.15) is 0 Å². The van der Waals surface area contributed by atoms with Crippen LogP contribution < -0.4 is 5.32 Å². The number of imidazole rings is 1. The molecule has 1 aromatic carbocycles. The van der Waals surface area contributed by atoms with E-state index in [1.54, 1.807) is 7.11 Å². The highest BCUT2D eigenvalue weighted by atomic mass is 79.9. The Labute approximate surface area is 201 Å². The van der Waals surface area contributed by atoms with Crippen LogP contribution in [0, 0.1) is 0 Å². The summed E-state index contributed by atoms with van der Waals surface area (Å²) in [5.41, 5.74) is 4.83. The van der Waals surface area contributed by atoms with E-state index in [1.807, 2.05) is 40.8 Å². The summed E-state index contributed by atoms with van der Waals surface area (Å²) in [6.45, 7) is 4.24. The van der Waals surface area contributed by atoms with Crippen molar-refractivity contribution in [1.82, 2.24) is 19.6 Å². The Hall–Kier alpha value is -1.93. The first-order valence-corrected chi connectivity index (χ1v) is 12.1. The van der Waals surface area contributed by atoms with Crippen molar-refractivity contribution in [2.45, 2.75) is 44.4 Å². The summed E-state index contributed by atoms with van der Waals surface area (Å²) in [6.07, 6.45) is 6.39. The van der Waals surface area contributed by atoms with Crippen LogP contribution in [0.2, 0.25) is 5.02 Å². The summed E-state index contributed by atoms with van der Waals surface area (Å²) in [6, 6.07) is 8.14. The van der Waals surface area contributed by atoms with Gasteiger partial charge in [-0.05, 0) is 71.4 Å². The van der Waals surface area contributed by atoms with E-state index in [4.69, 9.17) is 16.3 Å². The average molecular weight is 518 g/mol. The largest absolute Gasteiger partial charge is 0.377 e. The minimum Gasteiger partial charge on any atom is -0.377 e. The van der Waals surface area contributed by atoms with Gasteiger partial charge in [0, 0.05) is 59.7 Å². The molecule has 1 amide bonds. The van der Waals surface area contributed by atoms with Crippen LogP contribution in [0.4, 0.5) is 0 Å². The molecule has 1 saturated heterocycles. The van der Waals surface area contributed by atoms with Crippen LogP contribution in [0.3, 0.4) is 0 Å². The van der Waals surface area contributed by atoms with Gasteiger partial charge < -0.3 is 19.4 Å². The Morgan fingerprint density at radius 3 is 2.78 bits per heavy atom. The van der Waals surface area contributed by atoms with Gasteiger partial charge in [-0.3, -0.25) is 4.79 Å². The van der Waals surface area contributed by atoms with Crippen LogP contribution >= 0.6 is 27.5 Å². The number of ether oxygens (including phenoxy) is 1. The highest BCUT2D eigenvalue weighted by Gasteiger charge is 2.38. The number of nitrogens with zero attached hydrogens (tertiary/aromatic N) is 3. The summed E-state index contributed by atoms with van der Waals surface area (Å²) in [7, 11) is 1.67. The average Bonchev–Trinajstić information content (AvgIpc) is 3.21. The monoisotopic (exact) mass is 516 g/mol. The highest BCUT2D eigenvalue weighted by molar-refractivity contribution is 9.10. The van der Waals surface area contributed by atoms with Gasteiger partial charge in [0.25, 0.3) is 5.91 Å². The summed E-state index contributed by atoms with van der Waals surface area (Å²) in [4.78, 5) is 19.9. The lowest BCUT2D eigenvalue weighted by Crippen LogP contribution is -2.57. The first-order chi connectivity index (χ1) is 15.4. The van der Waals surface area contributed by atoms with Crippen molar-refractivity contribution in [1.29, 1.82) is 0 Å². The number of hydrogen-bond acceptors (Lipinski definition) is 4. The number of pyridine rings is 1. The number of carbonyl (C=O) groups is 1. The molecule has 1 N–H and O–H groups in total. The molecular weight excluding hydrogens is 492 g/mol. The molecule has 0 radical (unpaired) electrons. The smallest absolute Gasteiger partial charge is 0.274 e. The lowest BCUT2D eigenvalue weighted by atomic mass is 9.78. The van der Waals surface area contributed by atoms with Crippen LogP contribution in [0.25, 0.3) is 5.65 Å². The second-order valence-electron chi connectivity index (χ2n) is 8.86. The summed E-state index contributed by atoms with van der Waals surface area (Å²) in [5.74, 6) is -0.0186. The Morgan fingerprint density at radius 1 is 1.25 bits per heavy atom. The van der Waals surface area contributed by atoms with E-state index >= 15 is 0 Å². The molecule has 0 saturated carbocycles. The molecule has 2 aliphatic rings. The number of benzene rings is 1. The number of fused-ring (bicyclic) bond motifs is 2. The van der Waals surface area contributed by atoms with Crippen molar-refractivity contribution in [3.8, 4) is 0 Å². The third-order valence-electron chi connectivity index (χ3n) is 6.92. The number of methoxy groups -OCH3 is 1. The molecule has 2 aromatic heterocycles. The van der Waals surface area contributed by atoms with Gasteiger partial charge in [-0.1, -0.05) is 17.7 Å². The van der Waals surface area contributed by atoms with E-state index in [2.05, 4.69) is 38.4 Å². The Kier molecular flexibility index (Phi) is 5.78. The molecule has 0 aliphatic carbocycles. The summed E-state index contributed by atoms with van der Waals surface area (Å²) in [5, 5.41) is 4.53. The molecule has 5 rings (SSSR count). The first-order valence-electron chi connectivity index (χ1n) is 10.9. The number of carbonyl (C=O) groups excluding carboxylic acids is 1. The van der Waals surface area contributed by atoms with Crippen molar-refractivity contribution < 1.29 is 9.53 Å². The van der Waals surface area contributed by atoms with Crippen molar-refractivity contribution in [3.63, 3.8) is 0 Å². The standard InChI is InChI=1S/C24H26BrClN4O2/c1-15(32-2)20-10-18(25)13-30-14-21(28-22(20)30)23(31)29-7-5-24(6-8-29)11-17-9-19(26)4-3-16(17)12-27-24/h3-4,9-10,13-15,27H,5-8,11-12H2,1-2H3. The van der Waals surface area contributed by atoms with Gasteiger partial charge in [0.2, 0.25) is 0 Å². The molecule has 3 aromatic rings. The molecule has 0 bridgehead atoms. The van der Waals surface area contributed by atoms with Gasteiger partial charge >= 0.3 is 0 Å². The Morgan fingerprint density at radius 2 is 2.03 bits per heavy atom. The molecule has 168 valence electrons. The maximum atomic E-state index is 13.3. The lowest BCUT2D eigenvalue weighted by Gasteiger charge is -2.45. The molecule has 6 nitrogen and oxygen atoms in total. The SMILES string of the molecule is COC(C)c1cc(Br)cn2cc(C(=O)N3CCC4(CC3)Cc3cc(Cl)ccc3CN4)nc12. The van der Waals surface area contributed by atoms with Gasteiger partial charge in [0.05, 0.1) is 6.10 Å². The number of nitrogens with one attached hydrogen (secondary N) is 1. The van der Waals surface area contributed by atoms with E-state index in [0.717, 1.165) is 46.5 Å². The molecule has 1 spiro atoms. The highest BCUT2D eigenvalue weighted by Crippen LogP contribution is 2.33. The fourth-order valence-corrected chi connectivity index (χ4v) is 5.57. The number of amides is 1. The number of halogens is 2. The van der Waals surface area contributed by atoms with Crippen molar-refractivity contribution in [2.24, 2.45) is 0 Å². The Bertz CT molecular complexity index is 1190. The van der Waals surface area contributed by atoms with Gasteiger partial charge in [-0.15, -0.1) is 0 Å². The third-order valence-corrected chi connectivity index (χ3v) is 7.58. The quantitative estimate of drug-likeness (QED) is 0.543. The van der Waals surface area contributed by atoms with Crippen LogP contribution in [0.1, 0.15) is 53.0 Å². The minimum atomic E-state index is -0.121. The molecular formula is C24H26BrClN4O2. The molecule has 1 fully saturated rings. The topological polar surface area (TPSA) is 58.9 Å². The second-order valence-corrected chi connectivity index (χ2v) is 10.2. The molecule has 1 unspecified atom stereocenters. The maximum Gasteiger partial charge on any atom is 0.274 e. The first kappa shape index (κ1) is 21.9. The zero-order chi connectivity index (χ0) is 22.5.